The maximum atomic E-state index is 13.5. The summed E-state index contributed by atoms with van der Waals surface area (Å²) in [5, 5.41) is 5.43. The number of ether oxygens (including phenoxy) is 1. The average molecular weight is 487 g/mol. The summed E-state index contributed by atoms with van der Waals surface area (Å²) in [5.74, 6) is -0.818. The first kappa shape index (κ1) is 19.4. The minimum atomic E-state index is -0.419. The molecule has 2 atom stereocenters. The molecule has 1 aliphatic heterocycles. The molecule has 5 nitrogen and oxygen atoms in total. The van der Waals surface area contributed by atoms with E-state index in [2.05, 4.69) is 45.3 Å². The number of methoxy groups -OCH3 is 1. The predicted octanol–water partition coefficient (Wildman–Crippen LogP) is 4.68. The highest BCUT2D eigenvalue weighted by atomic mass is 79.9. The molecule has 0 N–H and O–H groups in total. The number of rotatable bonds is 3. The Labute approximate surface area is 193 Å². The summed E-state index contributed by atoms with van der Waals surface area (Å²) in [7, 11) is 1.60. The molecular formula is C26H19BrN2O3. The third-order valence-electron chi connectivity index (χ3n) is 6.92. The second kappa shape index (κ2) is 7.14. The molecule has 32 heavy (non-hydrogen) atoms. The first-order valence-electron chi connectivity index (χ1n) is 10.5. The van der Waals surface area contributed by atoms with Crippen LogP contribution >= 0.6 is 15.9 Å². The van der Waals surface area contributed by atoms with Crippen molar-refractivity contribution in [3.63, 3.8) is 0 Å². The molecule has 0 aromatic heterocycles. The molecule has 0 unspecified atom stereocenters. The van der Waals surface area contributed by atoms with Crippen LogP contribution in [0.5, 0.6) is 5.75 Å². The lowest BCUT2D eigenvalue weighted by Crippen LogP contribution is -2.41. The van der Waals surface area contributed by atoms with Crippen LogP contribution in [0.2, 0.25) is 0 Å². The number of hydrogen-bond donors (Lipinski definition) is 0. The Morgan fingerprint density at radius 2 is 1.34 bits per heavy atom. The molecule has 2 bridgehead atoms. The van der Waals surface area contributed by atoms with Gasteiger partial charge in [-0.25, -0.2) is 0 Å². The maximum absolute atomic E-state index is 13.5. The van der Waals surface area contributed by atoms with E-state index in [9.17, 15) is 9.59 Å². The summed E-state index contributed by atoms with van der Waals surface area (Å²) in [6.07, 6.45) is 1.56. The second-order valence-corrected chi connectivity index (χ2v) is 9.25. The molecule has 6 heteroatoms. The van der Waals surface area contributed by atoms with Crippen molar-refractivity contribution in [2.75, 3.05) is 7.11 Å². The minimum Gasteiger partial charge on any atom is -0.496 e. The summed E-state index contributed by atoms with van der Waals surface area (Å²) in [4.78, 5) is 27.0. The van der Waals surface area contributed by atoms with Gasteiger partial charge in [-0.3, -0.25) is 9.59 Å². The standard InChI is InChI=1S/C26H19BrN2O3/c1-32-20-11-10-14(12-19(20)27)13-28-29-25(30)23-21-15-6-2-3-7-16(15)22(24(23)26(29)31)18-9-5-4-8-17(18)21/h2-13,21-24H,1H3/b28-13-/t21?,22?,23-,24+. The zero-order chi connectivity index (χ0) is 22.0. The summed E-state index contributed by atoms with van der Waals surface area (Å²) in [6.45, 7) is 0. The fourth-order valence-corrected chi connectivity index (χ4v) is 6.22. The molecule has 1 fully saturated rings. The maximum Gasteiger partial charge on any atom is 0.254 e. The van der Waals surface area contributed by atoms with Gasteiger partial charge >= 0.3 is 0 Å². The van der Waals surface area contributed by atoms with Crippen molar-refractivity contribution >= 4 is 34.0 Å². The minimum absolute atomic E-state index is 0.121. The second-order valence-electron chi connectivity index (χ2n) is 8.39. The molecule has 1 saturated heterocycles. The van der Waals surface area contributed by atoms with Gasteiger partial charge in [0.25, 0.3) is 11.8 Å². The van der Waals surface area contributed by atoms with Crippen molar-refractivity contribution in [1.82, 2.24) is 5.01 Å². The molecular weight excluding hydrogens is 468 g/mol. The van der Waals surface area contributed by atoms with Crippen molar-refractivity contribution in [2.45, 2.75) is 11.8 Å². The van der Waals surface area contributed by atoms with Crippen LogP contribution in [0.3, 0.4) is 0 Å². The lowest BCUT2D eigenvalue weighted by molar-refractivity contribution is -0.139. The van der Waals surface area contributed by atoms with E-state index in [1.54, 1.807) is 13.3 Å². The van der Waals surface area contributed by atoms with E-state index in [1.807, 2.05) is 42.5 Å². The Kier molecular flexibility index (Phi) is 4.33. The summed E-state index contributed by atoms with van der Waals surface area (Å²) >= 11 is 3.46. The van der Waals surface area contributed by atoms with Gasteiger partial charge in [-0.05, 0) is 61.9 Å². The van der Waals surface area contributed by atoms with Crippen molar-refractivity contribution < 1.29 is 14.3 Å². The highest BCUT2D eigenvalue weighted by Gasteiger charge is 2.61. The summed E-state index contributed by atoms with van der Waals surface area (Å²) in [5.41, 5.74) is 5.39. The number of hydrogen-bond acceptors (Lipinski definition) is 4. The summed E-state index contributed by atoms with van der Waals surface area (Å²) in [6, 6.07) is 21.9. The Morgan fingerprint density at radius 1 is 0.844 bits per heavy atom. The third-order valence-corrected chi connectivity index (χ3v) is 7.54. The van der Waals surface area contributed by atoms with E-state index in [1.165, 1.54) is 0 Å². The zero-order valence-electron chi connectivity index (χ0n) is 17.2. The van der Waals surface area contributed by atoms with Gasteiger partial charge in [0.05, 0.1) is 29.6 Å². The van der Waals surface area contributed by atoms with Gasteiger partial charge in [0.15, 0.2) is 0 Å². The predicted molar refractivity (Wildman–Crippen MR) is 124 cm³/mol. The molecule has 0 saturated carbocycles. The zero-order valence-corrected chi connectivity index (χ0v) is 18.8. The van der Waals surface area contributed by atoms with Gasteiger partial charge < -0.3 is 4.74 Å². The van der Waals surface area contributed by atoms with Crippen LogP contribution in [0.15, 0.2) is 76.3 Å². The molecule has 7 rings (SSSR count). The summed E-state index contributed by atoms with van der Waals surface area (Å²) < 4.78 is 6.04. The number of carbonyl (C=O) groups excluding carboxylic acids is 2. The van der Waals surface area contributed by atoms with Crippen molar-refractivity contribution in [3.8, 4) is 5.75 Å². The lowest BCUT2D eigenvalue weighted by atomic mass is 9.55. The molecule has 3 aromatic rings. The van der Waals surface area contributed by atoms with E-state index in [-0.39, 0.29) is 23.7 Å². The number of hydrazone groups is 1. The van der Waals surface area contributed by atoms with Gasteiger partial charge in [0, 0.05) is 11.8 Å². The molecule has 158 valence electrons. The number of benzene rings is 3. The van der Waals surface area contributed by atoms with Crippen LogP contribution in [0.4, 0.5) is 0 Å². The molecule has 4 aliphatic rings. The Bertz CT molecular complexity index is 1200. The van der Waals surface area contributed by atoms with E-state index in [0.29, 0.717) is 5.75 Å². The SMILES string of the molecule is COc1ccc(/C=N\N2C(=O)[C@@H]3C4c5ccccc5C(c5ccccc54)[C@@H]3C2=O)cc1Br. The van der Waals surface area contributed by atoms with Crippen LogP contribution in [-0.4, -0.2) is 30.1 Å². The van der Waals surface area contributed by atoms with E-state index in [4.69, 9.17) is 4.74 Å². The van der Waals surface area contributed by atoms with Crippen LogP contribution in [0.1, 0.15) is 39.7 Å². The molecule has 1 heterocycles. The van der Waals surface area contributed by atoms with Gasteiger partial charge in [0.1, 0.15) is 5.75 Å². The van der Waals surface area contributed by atoms with Crippen molar-refractivity contribution in [1.29, 1.82) is 0 Å². The van der Waals surface area contributed by atoms with Crippen molar-refractivity contribution in [2.24, 2.45) is 16.9 Å². The largest absolute Gasteiger partial charge is 0.496 e. The Hall–Kier alpha value is -3.25. The molecule has 3 aromatic carbocycles. The molecule has 0 radical (unpaired) electrons. The van der Waals surface area contributed by atoms with E-state index < -0.39 is 11.8 Å². The fourth-order valence-electron chi connectivity index (χ4n) is 5.66. The lowest BCUT2D eigenvalue weighted by Gasteiger charge is -2.45. The Morgan fingerprint density at radius 3 is 1.78 bits per heavy atom. The highest BCUT2D eigenvalue weighted by Crippen LogP contribution is 2.60. The van der Waals surface area contributed by atoms with Gasteiger partial charge in [-0.2, -0.15) is 10.1 Å². The first-order chi connectivity index (χ1) is 15.6. The topological polar surface area (TPSA) is 59.0 Å². The van der Waals surface area contributed by atoms with E-state index >= 15 is 0 Å². The fraction of sp³-hybridized carbons (Fsp3) is 0.192. The first-order valence-corrected chi connectivity index (χ1v) is 11.3. The number of imide groups is 1. The Balaban J connectivity index is 1.41. The number of nitrogens with zero attached hydrogens (tertiary/aromatic N) is 2. The van der Waals surface area contributed by atoms with Gasteiger partial charge in [-0.15, -0.1) is 0 Å². The molecule has 3 aliphatic carbocycles. The van der Waals surface area contributed by atoms with E-state index in [0.717, 1.165) is 37.3 Å². The van der Waals surface area contributed by atoms with Gasteiger partial charge in [0.2, 0.25) is 0 Å². The number of carbonyl (C=O) groups is 2. The smallest absolute Gasteiger partial charge is 0.254 e. The highest BCUT2D eigenvalue weighted by molar-refractivity contribution is 9.10. The average Bonchev–Trinajstić information content (AvgIpc) is 3.08. The van der Waals surface area contributed by atoms with Crippen LogP contribution in [0, 0.1) is 11.8 Å². The van der Waals surface area contributed by atoms with Crippen LogP contribution < -0.4 is 4.74 Å². The van der Waals surface area contributed by atoms with Gasteiger partial charge in [-0.1, -0.05) is 48.5 Å². The molecule has 2 amide bonds. The van der Waals surface area contributed by atoms with Crippen molar-refractivity contribution in [3.05, 3.63) is 99.0 Å². The van der Waals surface area contributed by atoms with Crippen LogP contribution in [0.25, 0.3) is 0 Å². The third kappa shape index (κ3) is 2.59. The normalized spacial score (nSPS) is 25.1. The quantitative estimate of drug-likeness (QED) is 0.398. The molecule has 0 spiro atoms. The van der Waals surface area contributed by atoms with Crippen LogP contribution in [-0.2, 0) is 9.59 Å². The number of halogens is 1. The monoisotopic (exact) mass is 486 g/mol. The number of amides is 2.